The van der Waals surface area contributed by atoms with Crippen LogP contribution in [0.1, 0.15) is 31.2 Å². The number of pyridine rings is 2. The molecular formula is C32H28F2N8O3S. The predicted octanol–water partition coefficient (Wildman–Crippen LogP) is 5.69. The van der Waals surface area contributed by atoms with E-state index in [2.05, 4.69) is 35.2 Å². The molecule has 234 valence electrons. The molecule has 0 aliphatic heterocycles. The molecule has 0 atom stereocenters. The van der Waals surface area contributed by atoms with E-state index in [0.717, 1.165) is 31.9 Å². The minimum absolute atomic E-state index is 0.0235. The SMILES string of the molecule is CS(=O)(=O)NCc1cc(F)cc(-c2nccc3[nH]c(-c4n[nH]c5ccc(-c6cncc(NC(=O)C7CCCC7)c6)c(F)c45)nc23)c1. The average molecular weight is 643 g/mol. The lowest BCUT2D eigenvalue weighted by atomic mass is 10.0. The van der Waals surface area contributed by atoms with Crippen LogP contribution >= 0.6 is 0 Å². The molecule has 11 nitrogen and oxygen atoms in total. The van der Waals surface area contributed by atoms with E-state index < -0.39 is 21.7 Å². The number of nitrogens with zero attached hydrogens (tertiary/aromatic N) is 4. The third-order valence-corrected chi connectivity index (χ3v) is 8.77. The van der Waals surface area contributed by atoms with Gasteiger partial charge < -0.3 is 10.3 Å². The number of amides is 1. The van der Waals surface area contributed by atoms with Gasteiger partial charge in [0, 0.05) is 41.5 Å². The van der Waals surface area contributed by atoms with Crippen molar-refractivity contribution in [3.8, 4) is 33.9 Å². The van der Waals surface area contributed by atoms with E-state index in [4.69, 9.17) is 4.98 Å². The Labute approximate surface area is 261 Å². The molecule has 7 rings (SSSR count). The number of nitrogens with one attached hydrogen (secondary N) is 4. The highest BCUT2D eigenvalue weighted by Gasteiger charge is 2.24. The molecule has 14 heteroatoms. The molecule has 0 radical (unpaired) electrons. The fourth-order valence-electron chi connectivity index (χ4n) is 5.92. The smallest absolute Gasteiger partial charge is 0.227 e. The molecule has 0 saturated heterocycles. The quantitative estimate of drug-likeness (QED) is 0.166. The van der Waals surface area contributed by atoms with E-state index in [1.165, 1.54) is 24.5 Å². The standard InChI is InChI=1S/C32H28F2N8O3S/c1-46(44,45)37-14-17-10-19(12-21(33)11-17)28-29-25(8-9-36-28)39-31(40-29)30-26-24(41-42-30)7-6-23(27(26)34)20-13-22(16-35-15-20)38-32(43)18-4-2-3-5-18/h6-13,15-16,18,37H,2-5,14H2,1H3,(H,38,43)(H,39,40)(H,41,42). The third-order valence-electron chi connectivity index (χ3n) is 8.10. The Morgan fingerprint density at radius 2 is 1.83 bits per heavy atom. The molecule has 46 heavy (non-hydrogen) atoms. The number of H-pyrrole nitrogens is 2. The maximum Gasteiger partial charge on any atom is 0.227 e. The zero-order valence-electron chi connectivity index (χ0n) is 24.6. The molecule has 1 saturated carbocycles. The monoisotopic (exact) mass is 642 g/mol. The number of anilines is 1. The first kappa shape index (κ1) is 29.6. The first-order valence-electron chi connectivity index (χ1n) is 14.7. The van der Waals surface area contributed by atoms with Gasteiger partial charge in [-0.1, -0.05) is 12.8 Å². The molecule has 6 aromatic rings. The number of benzene rings is 2. The molecule has 1 fully saturated rings. The van der Waals surface area contributed by atoms with Crippen LogP contribution in [0, 0.1) is 17.6 Å². The summed E-state index contributed by atoms with van der Waals surface area (Å²) < 4.78 is 56.4. The molecule has 0 spiro atoms. The van der Waals surface area contributed by atoms with Crippen LogP contribution < -0.4 is 10.0 Å². The minimum Gasteiger partial charge on any atom is -0.336 e. The van der Waals surface area contributed by atoms with Crippen molar-refractivity contribution in [3.63, 3.8) is 0 Å². The predicted molar refractivity (Wildman–Crippen MR) is 170 cm³/mol. The summed E-state index contributed by atoms with van der Waals surface area (Å²) in [7, 11) is -3.49. The fraction of sp³-hybridized carbons (Fsp3) is 0.219. The van der Waals surface area contributed by atoms with Gasteiger partial charge in [0.2, 0.25) is 15.9 Å². The second-order valence-electron chi connectivity index (χ2n) is 11.4. The summed E-state index contributed by atoms with van der Waals surface area (Å²) in [5.74, 6) is -0.929. The van der Waals surface area contributed by atoms with E-state index in [-0.39, 0.29) is 40.8 Å². The molecule has 1 aliphatic carbocycles. The Hall–Kier alpha value is -5.08. The summed E-state index contributed by atoms with van der Waals surface area (Å²) in [6.45, 7) is -0.0996. The van der Waals surface area contributed by atoms with Gasteiger partial charge in [0.05, 0.1) is 40.3 Å². The molecule has 4 N–H and O–H groups in total. The van der Waals surface area contributed by atoms with E-state index in [1.54, 1.807) is 36.5 Å². The summed E-state index contributed by atoms with van der Waals surface area (Å²) >= 11 is 0. The molecule has 2 aromatic carbocycles. The van der Waals surface area contributed by atoms with Crippen molar-refractivity contribution < 1.29 is 22.0 Å². The zero-order valence-corrected chi connectivity index (χ0v) is 25.4. The van der Waals surface area contributed by atoms with Gasteiger partial charge in [-0.15, -0.1) is 0 Å². The van der Waals surface area contributed by atoms with Gasteiger partial charge in [-0.05, 0) is 60.9 Å². The normalized spacial score (nSPS) is 14.0. The van der Waals surface area contributed by atoms with Gasteiger partial charge in [-0.2, -0.15) is 5.10 Å². The van der Waals surface area contributed by atoms with E-state index in [0.29, 0.717) is 44.6 Å². The second kappa shape index (κ2) is 11.7. The van der Waals surface area contributed by atoms with Gasteiger partial charge in [0.25, 0.3) is 0 Å². The fourth-order valence-corrected chi connectivity index (χ4v) is 6.35. The van der Waals surface area contributed by atoms with Crippen molar-refractivity contribution in [1.29, 1.82) is 0 Å². The van der Waals surface area contributed by atoms with Crippen LogP contribution in [-0.2, 0) is 21.4 Å². The van der Waals surface area contributed by atoms with Crippen molar-refractivity contribution in [3.05, 3.63) is 78.3 Å². The van der Waals surface area contributed by atoms with Gasteiger partial charge in [0.15, 0.2) is 5.82 Å². The molecule has 4 heterocycles. The summed E-state index contributed by atoms with van der Waals surface area (Å²) in [4.78, 5) is 29.2. The Kier molecular flexibility index (Phi) is 7.53. The van der Waals surface area contributed by atoms with Crippen LogP contribution in [0.25, 0.3) is 55.8 Å². The van der Waals surface area contributed by atoms with Crippen LogP contribution in [-0.4, -0.2) is 50.7 Å². The lowest BCUT2D eigenvalue weighted by molar-refractivity contribution is -0.119. The Bertz CT molecular complexity index is 2240. The molecule has 4 aromatic heterocycles. The number of fused-ring (bicyclic) bond motifs is 2. The van der Waals surface area contributed by atoms with Crippen molar-refractivity contribution >= 4 is 43.6 Å². The van der Waals surface area contributed by atoms with Gasteiger partial charge in [-0.25, -0.2) is 26.9 Å². The lowest BCUT2D eigenvalue weighted by Crippen LogP contribution is -2.21. The molecule has 0 unspecified atom stereocenters. The van der Waals surface area contributed by atoms with Crippen LogP contribution in [0.5, 0.6) is 0 Å². The number of hydrogen-bond acceptors (Lipinski definition) is 7. The third kappa shape index (κ3) is 5.84. The highest BCUT2D eigenvalue weighted by Crippen LogP contribution is 2.36. The Balaban J connectivity index is 1.25. The van der Waals surface area contributed by atoms with Crippen molar-refractivity contribution in [2.75, 3.05) is 11.6 Å². The lowest BCUT2D eigenvalue weighted by Gasteiger charge is -2.11. The number of aromatic amines is 2. The van der Waals surface area contributed by atoms with Gasteiger partial charge >= 0.3 is 0 Å². The number of carbonyl (C=O) groups is 1. The van der Waals surface area contributed by atoms with Gasteiger partial charge in [0.1, 0.15) is 22.8 Å². The highest BCUT2D eigenvalue weighted by atomic mass is 32.2. The number of rotatable bonds is 8. The first-order chi connectivity index (χ1) is 22.1. The number of sulfonamides is 1. The zero-order chi connectivity index (χ0) is 32.0. The largest absolute Gasteiger partial charge is 0.336 e. The van der Waals surface area contributed by atoms with Crippen LogP contribution in [0.4, 0.5) is 14.5 Å². The highest BCUT2D eigenvalue weighted by molar-refractivity contribution is 7.88. The first-order valence-corrected chi connectivity index (χ1v) is 16.5. The van der Waals surface area contributed by atoms with E-state index in [9.17, 15) is 17.6 Å². The van der Waals surface area contributed by atoms with Crippen molar-refractivity contribution in [1.82, 2.24) is 34.9 Å². The molecule has 1 amide bonds. The minimum atomic E-state index is -3.49. The number of aromatic nitrogens is 6. The Morgan fingerprint density at radius 1 is 1.00 bits per heavy atom. The summed E-state index contributed by atoms with van der Waals surface area (Å²) in [6, 6.07) is 10.9. The average Bonchev–Trinajstić information content (AvgIpc) is 3.80. The van der Waals surface area contributed by atoms with E-state index in [1.807, 2.05) is 0 Å². The number of hydrogen-bond donors (Lipinski definition) is 4. The maximum atomic E-state index is 16.3. The number of imidazole rings is 1. The molecule has 0 bridgehead atoms. The van der Waals surface area contributed by atoms with Crippen molar-refractivity contribution in [2.45, 2.75) is 32.2 Å². The summed E-state index contributed by atoms with van der Waals surface area (Å²) in [5.41, 5.74) is 4.02. The van der Waals surface area contributed by atoms with Crippen LogP contribution in [0.3, 0.4) is 0 Å². The van der Waals surface area contributed by atoms with Crippen molar-refractivity contribution in [2.24, 2.45) is 5.92 Å². The second-order valence-corrected chi connectivity index (χ2v) is 13.3. The number of carbonyl (C=O) groups excluding carboxylic acids is 1. The summed E-state index contributed by atoms with van der Waals surface area (Å²) in [5, 5.41) is 10.3. The maximum absolute atomic E-state index is 16.3. The molecular weight excluding hydrogens is 614 g/mol. The number of halogens is 2. The summed E-state index contributed by atoms with van der Waals surface area (Å²) in [6.07, 6.45) is 9.43. The van der Waals surface area contributed by atoms with Crippen LogP contribution in [0.2, 0.25) is 0 Å². The topological polar surface area (TPSA) is 158 Å². The van der Waals surface area contributed by atoms with Crippen LogP contribution in [0.15, 0.2) is 61.1 Å². The van der Waals surface area contributed by atoms with E-state index >= 15 is 4.39 Å². The molecule has 1 aliphatic rings. The Morgan fingerprint density at radius 3 is 2.63 bits per heavy atom. The van der Waals surface area contributed by atoms with Gasteiger partial charge in [-0.3, -0.25) is 19.9 Å².